The van der Waals surface area contributed by atoms with E-state index in [0.717, 1.165) is 29.5 Å². The molecule has 31 heavy (non-hydrogen) atoms. The molecule has 4 rings (SSSR count). The summed E-state index contributed by atoms with van der Waals surface area (Å²) < 4.78 is 10.9. The molecule has 1 fully saturated rings. The van der Waals surface area contributed by atoms with Gasteiger partial charge < -0.3 is 19.4 Å². The molecule has 160 valence electrons. The van der Waals surface area contributed by atoms with Crippen LogP contribution in [0.3, 0.4) is 0 Å². The van der Waals surface area contributed by atoms with E-state index in [1.54, 1.807) is 31.3 Å². The lowest BCUT2D eigenvalue weighted by atomic mass is 10.0. The number of methoxy groups -OCH3 is 2. The molecular formula is C25H26N2O4. The molecule has 6 heteroatoms. The van der Waals surface area contributed by atoms with Crippen LogP contribution < -0.4 is 15.0 Å². The molecule has 0 aliphatic carbocycles. The van der Waals surface area contributed by atoms with Gasteiger partial charge in [-0.3, -0.25) is 9.59 Å². The number of aryl methyl sites for hydroxylation is 1. The molecule has 1 unspecified atom stereocenters. The molecule has 0 radical (unpaired) electrons. The van der Waals surface area contributed by atoms with Crippen LogP contribution in [0.1, 0.15) is 40.4 Å². The summed E-state index contributed by atoms with van der Waals surface area (Å²) in [5, 5.41) is 0. The molecule has 0 spiro atoms. The van der Waals surface area contributed by atoms with E-state index < -0.39 is 0 Å². The molecule has 0 bridgehead atoms. The minimum Gasteiger partial charge on any atom is -0.497 e. The third-order valence-corrected chi connectivity index (χ3v) is 5.78. The van der Waals surface area contributed by atoms with E-state index in [2.05, 4.69) is 4.98 Å². The van der Waals surface area contributed by atoms with Crippen molar-refractivity contribution in [1.29, 1.82) is 0 Å². The topological polar surface area (TPSA) is 71.6 Å². The molecule has 2 aromatic carbocycles. The summed E-state index contributed by atoms with van der Waals surface area (Å²) in [5.74, 6) is 1.13. The molecule has 1 aliphatic heterocycles. The standard InChI is InChI=1S/C25H26N2O4/c1-16-6-4-7-17(14-16)21-11-10-19(24(28)26-21)25(29)27-13-5-8-22(27)20-15-18(30-2)9-12-23(20)31-3/h4,6-7,9-12,14-15,22H,5,8,13H2,1-3H3,(H,26,28). The lowest BCUT2D eigenvalue weighted by molar-refractivity contribution is 0.0732. The monoisotopic (exact) mass is 418 g/mol. The van der Waals surface area contributed by atoms with Gasteiger partial charge in [-0.15, -0.1) is 0 Å². The summed E-state index contributed by atoms with van der Waals surface area (Å²) in [6.45, 7) is 2.59. The highest BCUT2D eigenvalue weighted by atomic mass is 16.5. The SMILES string of the molecule is COc1ccc(OC)c(C2CCCN2C(=O)c2ccc(-c3cccc(C)c3)[nH]c2=O)c1. The van der Waals surface area contributed by atoms with Crippen LogP contribution in [-0.2, 0) is 0 Å². The van der Waals surface area contributed by atoms with E-state index >= 15 is 0 Å². The second kappa shape index (κ2) is 8.68. The third kappa shape index (κ3) is 4.06. The second-order valence-corrected chi connectivity index (χ2v) is 7.75. The van der Waals surface area contributed by atoms with Gasteiger partial charge in [-0.25, -0.2) is 0 Å². The quantitative estimate of drug-likeness (QED) is 0.669. The van der Waals surface area contributed by atoms with Crippen LogP contribution in [0, 0.1) is 6.92 Å². The molecule has 2 heterocycles. The van der Waals surface area contributed by atoms with Crippen molar-refractivity contribution in [3.05, 3.63) is 81.6 Å². The minimum atomic E-state index is -0.382. The lowest BCUT2D eigenvalue weighted by Gasteiger charge is -2.26. The number of aromatic amines is 1. The summed E-state index contributed by atoms with van der Waals surface area (Å²) in [6.07, 6.45) is 1.66. The maximum Gasteiger partial charge on any atom is 0.261 e. The van der Waals surface area contributed by atoms with Crippen molar-refractivity contribution in [3.63, 3.8) is 0 Å². The van der Waals surface area contributed by atoms with Crippen molar-refractivity contribution in [2.45, 2.75) is 25.8 Å². The number of ether oxygens (including phenoxy) is 2. The molecule has 1 aliphatic rings. The van der Waals surface area contributed by atoms with Crippen molar-refractivity contribution < 1.29 is 14.3 Å². The van der Waals surface area contributed by atoms with Crippen molar-refractivity contribution in [2.75, 3.05) is 20.8 Å². The Bertz CT molecular complexity index is 1170. The van der Waals surface area contributed by atoms with Gasteiger partial charge in [0, 0.05) is 17.8 Å². The van der Waals surface area contributed by atoms with Gasteiger partial charge in [0.05, 0.1) is 20.3 Å². The number of rotatable bonds is 5. The van der Waals surface area contributed by atoms with Gasteiger partial charge >= 0.3 is 0 Å². The van der Waals surface area contributed by atoms with Gasteiger partial charge in [0.1, 0.15) is 17.1 Å². The van der Waals surface area contributed by atoms with Crippen LogP contribution >= 0.6 is 0 Å². The first-order chi connectivity index (χ1) is 15.0. The zero-order valence-electron chi connectivity index (χ0n) is 18.0. The van der Waals surface area contributed by atoms with Crippen LogP contribution in [0.15, 0.2) is 59.4 Å². The number of amides is 1. The first-order valence-corrected chi connectivity index (χ1v) is 10.3. The summed E-state index contributed by atoms with van der Waals surface area (Å²) in [7, 11) is 3.22. The Balaban J connectivity index is 1.66. The van der Waals surface area contributed by atoms with Crippen LogP contribution in [0.5, 0.6) is 11.5 Å². The number of pyridine rings is 1. The Morgan fingerprint density at radius 2 is 1.90 bits per heavy atom. The van der Waals surface area contributed by atoms with Gasteiger partial charge in [-0.2, -0.15) is 0 Å². The third-order valence-electron chi connectivity index (χ3n) is 5.78. The molecule has 1 N–H and O–H groups in total. The average molecular weight is 418 g/mol. The number of likely N-dealkylation sites (tertiary alicyclic amines) is 1. The summed E-state index contributed by atoms with van der Waals surface area (Å²) >= 11 is 0. The van der Waals surface area contributed by atoms with E-state index in [0.29, 0.717) is 23.7 Å². The molecule has 1 saturated heterocycles. The zero-order chi connectivity index (χ0) is 22.0. The van der Waals surface area contributed by atoms with E-state index in [-0.39, 0.29) is 23.1 Å². The first kappa shape index (κ1) is 20.7. The number of hydrogen-bond acceptors (Lipinski definition) is 4. The predicted octanol–water partition coefficient (Wildman–Crippen LogP) is 4.34. The molecule has 3 aromatic rings. The number of carbonyl (C=O) groups excluding carboxylic acids is 1. The van der Waals surface area contributed by atoms with Gasteiger partial charge in [-0.05, 0) is 61.7 Å². The fraction of sp³-hybridized carbons (Fsp3) is 0.280. The average Bonchev–Trinajstić information content (AvgIpc) is 3.28. The molecular weight excluding hydrogens is 392 g/mol. The van der Waals surface area contributed by atoms with Crippen molar-refractivity contribution in [1.82, 2.24) is 9.88 Å². The van der Waals surface area contributed by atoms with E-state index in [4.69, 9.17) is 9.47 Å². The largest absolute Gasteiger partial charge is 0.497 e. The highest BCUT2D eigenvalue weighted by Crippen LogP contribution is 2.39. The van der Waals surface area contributed by atoms with Gasteiger partial charge in [-0.1, -0.05) is 23.8 Å². The van der Waals surface area contributed by atoms with Crippen LogP contribution in [0.25, 0.3) is 11.3 Å². The maximum atomic E-state index is 13.3. The summed E-state index contributed by atoms with van der Waals surface area (Å²) in [5.41, 5.74) is 3.36. The molecule has 6 nitrogen and oxygen atoms in total. The highest BCUT2D eigenvalue weighted by Gasteiger charge is 2.33. The number of nitrogens with zero attached hydrogens (tertiary/aromatic N) is 1. The molecule has 1 atom stereocenters. The van der Waals surface area contributed by atoms with E-state index in [1.165, 1.54) is 0 Å². The normalized spacial score (nSPS) is 15.7. The van der Waals surface area contributed by atoms with Crippen molar-refractivity contribution >= 4 is 5.91 Å². The number of aromatic nitrogens is 1. The second-order valence-electron chi connectivity index (χ2n) is 7.75. The van der Waals surface area contributed by atoms with Gasteiger partial charge in [0.25, 0.3) is 11.5 Å². The predicted molar refractivity (Wildman–Crippen MR) is 120 cm³/mol. The number of benzene rings is 2. The number of H-pyrrole nitrogens is 1. The number of nitrogens with one attached hydrogen (secondary N) is 1. The zero-order valence-corrected chi connectivity index (χ0v) is 18.0. The Kier molecular flexibility index (Phi) is 5.80. The fourth-order valence-corrected chi connectivity index (χ4v) is 4.21. The van der Waals surface area contributed by atoms with E-state index in [1.807, 2.05) is 49.4 Å². The summed E-state index contributed by atoms with van der Waals surface area (Å²) in [4.78, 5) is 30.8. The van der Waals surface area contributed by atoms with Crippen molar-refractivity contribution in [2.24, 2.45) is 0 Å². The van der Waals surface area contributed by atoms with Crippen LogP contribution in [-0.4, -0.2) is 36.6 Å². The van der Waals surface area contributed by atoms with Gasteiger partial charge in [0.2, 0.25) is 0 Å². The lowest BCUT2D eigenvalue weighted by Crippen LogP contribution is -2.34. The highest BCUT2D eigenvalue weighted by molar-refractivity contribution is 5.94. The Morgan fingerprint density at radius 1 is 1.06 bits per heavy atom. The fourth-order valence-electron chi connectivity index (χ4n) is 4.21. The number of hydrogen-bond donors (Lipinski definition) is 1. The molecule has 1 aromatic heterocycles. The van der Waals surface area contributed by atoms with Crippen LogP contribution in [0.2, 0.25) is 0 Å². The van der Waals surface area contributed by atoms with Crippen LogP contribution in [0.4, 0.5) is 0 Å². The maximum absolute atomic E-state index is 13.3. The van der Waals surface area contributed by atoms with E-state index in [9.17, 15) is 9.59 Å². The Labute approximate surface area is 181 Å². The minimum absolute atomic E-state index is 0.144. The summed E-state index contributed by atoms with van der Waals surface area (Å²) in [6, 6.07) is 16.7. The number of carbonyl (C=O) groups is 1. The molecule has 0 saturated carbocycles. The smallest absolute Gasteiger partial charge is 0.261 e. The Hall–Kier alpha value is -3.54. The Morgan fingerprint density at radius 3 is 2.61 bits per heavy atom. The van der Waals surface area contributed by atoms with Crippen molar-refractivity contribution in [3.8, 4) is 22.8 Å². The molecule has 1 amide bonds. The first-order valence-electron chi connectivity index (χ1n) is 10.3. The van der Waals surface area contributed by atoms with Gasteiger partial charge in [0.15, 0.2) is 0 Å².